The SMILES string of the molecule is COc1ccc(-c2ccc(C(N)=O)cc2)cc1CN(C(=O)c1sc2cccc(F)c2c1Cl)[C@H]1CC[C@H](N(C)Cl)CC1. The first-order valence-electron chi connectivity index (χ1n) is 13.3. The fourth-order valence-electron chi connectivity index (χ4n) is 5.52. The maximum atomic E-state index is 14.7. The average molecular weight is 615 g/mol. The number of carbonyl (C=O) groups is 2. The Bertz CT molecular complexity index is 1580. The number of nitrogens with two attached hydrogens (primary N) is 1. The number of fused-ring (bicyclic) bond motifs is 1. The fraction of sp³-hybridized carbons (Fsp3) is 0.290. The summed E-state index contributed by atoms with van der Waals surface area (Å²) < 4.78 is 22.7. The molecule has 3 aromatic carbocycles. The highest BCUT2D eigenvalue weighted by Crippen LogP contribution is 2.40. The number of ether oxygens (including phenoxy) is 1. The number of hydrogen-bond acceptors (Lipinski definition) is 5. The third-order valence-electron chi connectivity index (χ3n) is 7.80. The number of carbonyl (C=O) groups excluding carboxylic acids is 2. The van der Waals surface area contributed by atoms with E-state index in [1.807, 2.05) is 42.3 Å². The second-order valence-corrected chi connectivity index (χ2v) is 12.2. The standard InChI is InChI=1S/C31H30Cl2FN3O3S/c1-36(33)22-11-13-23(14-12-22)37(31(39)29-28(32)27-24(34)4-3-5-26(27)41-29)17-21-16-20(10-15-25(21)40-2)18-6-8-19(9-7-18)30(35)38/h3-10,15-16,22-23H,11-14,17H2,1-2H3,(H2,35,38)/t22-,23-. The van der Waals surface area contributed by atoms with Crippen molar-refractivity contribution in [2.24, 2.45) is 5.73 Å². The number of methoxy groups -OCH3 is 1. The average Bonchev–Trinajstić information content (AvgIpc) is 3.32. The number of hydrogen-bond donors (Lipinski definition) is 1. The van der Waals surface area contributed by atoms with E-state index in [4.69, 9.17) is 33.8 Å². The van der Waals surface area contributed by atoms with Crippen molar-refractivity contribution >= 4 is 56.6 Å². The molecule has 41 heavy (non-hydrogen) atoms. The molecule has 0 aliphatic heterocycles. The van der Waals surface area contributed by atoms with Crippen molar-refractivity contribution in [2.45, 2.75) is 44.3 Å². The molecule has 10 heteroatoms. The first-order chi connectivity index (χ1) is 19.7. The molecule has 0 unspecified atom stereocenters. The number of amides is 2. The molecule has 1 aromatic heterocycles. The number of primary amides is 1. The molecule has 0 atom stereocenters. The molecule has 1 aliphatic rings. The molecule has 0 bridgehead atoms. The van der Waals surface area contributed by atoms with Crippen molar-refractivity contribution in [3.63, 3.8) is 0 Å². The van der Waals surface area contributed by atoms with Crippen molar-refractivity contribution in [2.75, 3.05) is 14.2 Å². The van der Waals surface area contributed by atoms with Crippen LogP contribution in [0.2, 0.25) is 5.02 Å². The van der Waals surface area contributed by atoms with Crippen LogP contribution in [-0.2, 0) is 6.54 Å². The molecular weight excluding hydrogens is 584 g/mol. The van der Waals surface area contributed by atoms with E-state index in [0.717, 1.165) is 42.4 Å². The summed E-state index contributed by atoms with van der Waals surface area (Å²) in [6.45, 7) is 0.272. The summed E-state index contributed by atoms with van der Waals surface area (Å²) in [5.41, 5.74) is 8.44. The fourth-order valence-corrected chi connectivity index (χ4v) is 7.23. The van der Waals surface area contributed by atoms with Gasteiger partial charge in [-0.05, 0) is 85.0 Å². The van der Waals surface area contributed by atoms with Gasteiger partial charge in [-0.25, -0.2) is 8.81 Å². The lowest BCUT2D eigenvalue weighted by molar-refractivity contribution is 0.0589. The lowest BCUT2D eigenvalue weighted by Crippen LogP contribution is -2.44. The Balaban J connectivity index is 1.53. The summed E-state index contributed by atoms with van der Waals surface area (Å²) >= 11 is 14.1. The molecule has 4 aromatic rings. The van der Waals surface area contributed by atoms with Gasteiger partial charge in [0.2, 0.25) is 5.91 Å². The van der Waals surface area contributed by atoms with Gasteiger partial charge >= 0.3 is 0 Å². The monoisotopic (exact) mass is 613 g/mol. The van der Waals surface area contributed by atoms with Gasteiger partial charge in [-0.2, -0.15) is 0 Å². The van der Waals surface area contributed by atoms with Gasteiger partial charge in [0.15, 0.2) is 0 Å². The van der Waals surface area contributed by atoms with E-state index in [0.29, 0.717) is 20.9 Å². The molecule has 2 N–H and O–H groups in total. The Morgan fingerprint density at radius 3 is 2.29 bits per heavy atom. The summed E-state index contributed by atoms with van der Waals surface area (Å²) in [6, 6.07) is 17.7. The van der Waals surface area contributed by atoms with Crippen LogP contribution in [-0.4, -0.2) is 47.4 Å². The predicted octanol–water partition coefficient (Wildman–Crippen LogP) is 7.51. The maximum Gasteiger partial charge on any atom is 0.266 e. The molecule has 0 spiro atoms. The van der Waals surface area contributed by atoms with Crippen LogP contribution in [0.15, 0.2) is 60.7 Å². The molecule has 1 heterocycles. The minimum Gasteiger partial charge on any atom is -0.496 e. The van der Waals surface area contributed by atoms with E-state index in [1.165, 1.54) is 17.4 Å². The third kappa shape index (κ3) is 6.06. The van der Waals surface area contributed by atoms with Crippen molar-refractivity contribution < 1.29 is 18.7 Å². The number of rotatable bonds is 8. The normalized spacial score (nSPS) is 17.1. The second kappa shape index (κ2) is 12.4. The van der Waals surface area contributed by atoms with Crippen LogP contribution in [0.25, 0.3) is 21.2 Å². The Hall–Kier alpha value is -3.17. The molecule has 1 aliphatic carbocycles. The zero-order chi connectivity index (χ0) is 29.3. The van der Waals surface area contributed by atoms with E-state index in [1.54, 1.807) is 35.8 Å². The Morgan fingerprint density at radius 1 is 1.02 bits per heavy atom. The van der Waals surface area contributed by atoms with E-state index in [2.05, 4.69) is 0 Å². The lowest BCUT2D eigenvalue weighted by atomic mass is 9.89. The molecule has 6 nitrogen and oxygen atoms in total. The summed E-state index contributed by atoms with van der Waals surface area (Å²) in [7, 11) is 3.45. The highest BCUT2D eigenvalue weighted by atomic mass is 35.5. The largest absolute Gasteiger partial charge is 0.496 e. The molecule has 5 rings (SSSR count). The highest BCUT2D eigenvalue weighted by Gasteiger charge is 2.33. The molecule has 0 radical (unpaired) electrons. The maximum absolute atomic E-state index is 14.7. The van der Waals surface area contributed by atoms with Crippen molar-refractivity contribution in [3.8, 4) is 16.9 Å². The Morgan fingerprint density at radius 2 is 1.68 bits per heavy atom. The van der Waals surface area contributed by atoms with E-state index < -0.39 is 11.7 Å². The molecule has 1 saturated carbocycles. The second-order valence-electron chi connectivity index (χ2n) is 10.2. The lowest BCUT2D eigenvalue weighted by Gasteiger charge is -2.38. The quantitative estimate of drug-likeness (QED) is 0.209. The molecule has 2 amide bonds. The van der Waals surface area contributed by atoms with Gasteiger partial charge in [0, 0.05) is 46.9 Å². The van der Waals surface area contributed by atoms with Gasteiger partial charge in [0.25, 0.3) is 5.91 Å². The highest BCUT2D eigenvalue weighted by molar-refractivity contribution is 7.21. The van der Waals surface area contributed by atoms with Gasteiger partial charge in [0.1, 0.15) is 16.4 Å². The van der Waals surface area contributed by atoms with E-state index in [-0.39, 0.29) is 34.9 Å². The van der Waals surface area contributed by atoms with Gasteiger partial charge in [-0.15, -0.1) is 11.3 Å². The van der Waals surface area contributed by atoms with Crippen LogP contribution in [0.4, 0.5) is 4.39 Å². The zero-order valence-corrected chi connectivity index (χ0v) is 25.0. The van der Waals surface area contributed by atoms with Gasteiger partial charge < -0.3 is 15.4 Å². The number of benzene rings is 3. The number of halogens is 3. The summed E-state index contributed by atoms with van der Waals surface area (Å²) in [5.74, 6) is -0.535. The minimum absolute atomic E-state index is 0.0651. The molecular formula is C31H30Cl2FN3O3S. The Labute approximate surface area is 252 Å². The van der Waals surface area contributed by atoms with Gasteiger partial charge in [0.05, 0.1) is 12.1 Å². The van der Waals surface area contributed by atoms with Crippen molar-refractivity contribution in [1.29, 1.82) is 0 Å². The number of nitrogens with zero attached hydrogens (tertiary/aromatic N) is 2. The van der Waals surface area contributed by atoms with Gasteiger partial charge in [-0.1, -0.05) is 35.9 Å². The molecule has 214 valence electrons. The van der Waals surface area contributed by atoms with Crippen LogP contribution in [0.3, 0.4) is 0 Å². The Kier molecular flexibility index (Phi) is 8.85. The smallest absolute Gasteiger partial charge is 0.266 e. The first kappa shape index (κ1) is 29.3. The van der Waals surface area contributed by atoms with E-state index in [9.17, 15) is 14.0 Å². The van der Waals surface area contributed by atoms with Crippen LogP contribution in [0.5, 0.6) is 5.75 Å². The van der Waals surface area contributed by atoms with Crippen LogP contribution < -0.4 is 10.5 Å². The molecule has 1 fully saturated rings. The molecule has 0 saturated heterocycles. The van der Waals surface area contributed by atoms with Crippen molar-refractivity contribution in [1.82, 2.24) is 9.32 Å². The predicted molar refractivity (Wildman–Crippen MR) is 163 cm³/mol. The number of thiophene rings is 1. The first-order valence-corrected chi connectivity index (χ1v) is 14.8. The van der Waals surface area contributed by atoms with Gasteiger partial charge in [-0.3, -0.25) is 9.59 Å². The summed E-state index contributed by atoms with van der Waals surface area (Å²) in [6.07, 6.45) is 3.21. The van der Waals surface area contributed by atoms with Crippen LogP contribution >= 0.6 is 34.7 Å². The summed E-state index contributed by atoms with van der Waals surface area (Å²) in [5, 5.41) is 0.413. The van der Waals surface area contributed by atoms with Crippen LogP contribution in [0.1, 0.15) is 51.3 Å². The third-order valence-corrected chi connectivity index (χ3v) is 9.70. The summed E-state index contributed by atoms with van der Waals surface area (Å²) in [4.78, 5) is 27.9. The minimum atomic E-state index is -0.490. The zero-order valence-electron chi connectivity index (χ0n) is 22.7. The van der Waals surface area contributed by atoms with E-state index >= 15 is 0 Å². The topological polar surface area (TPSA) is 75.9 Å². The van der Waals surface area contributed by atoms with Crippen molar-refractivity contribution in [3.05, 3.63) is 87.5 Å². The van der Waals surface area contributed by atoms with Crippen LogP contribution in [0, 0.1) is 5.82 Å².